The van der Waals surface area contributed by atoms with Gasteiger partial charge in [0.05, 0.1) is 11.6 Å². The quantitative estimate of drug-likeness (QED) is 0.384. The molecule has 0 aliphatic heterocycles. The summed E-state index contributed by atoms with van der Waals surface area (Å²) in [5, 5.41) is 15.5. The van der Waals surface area contributed by atoms with Gasteiger partial charge >= 0.3 is 5.97 Å². The van der Waals surface area contributed by atoms with Crippen LogP contribution in [0.5, 0.6) is 11.6 Å². The zero-order valence-corrected chi connectivity index (χ0v) is 18.9. The number of halogens is 4. The highest BCUT2D eigenvalue weighted by molar-refractivity contribution is 5.98. The van der Waals surface area contributed by atoms with E-state index in [0.29, 0.717) is 17.2 Å². The number of alkyl halides is 2. The molecule has 1 heterocycles. The van der Waals surface area contributed by atoms with Gasteiger partial charge in [-0.2, -0.15) is 13.9 Å². The van der Waals surface area contributed by atoms with Crippen molar-refractivity contribution in [2.24, 2.45) is 7.05 Å². The van der Waals surface area contributed by atoms with Crippen LogP contribution in [0, 0.1) is 6.92 Å². The molecular weight excluding hydrogens is 470 g/mol. The number of carboxylic acids is 1. The minimum Gasteiger partial charge on any atom is -0.478 e. The Balaban J connectivity index is 1.94. The molecule has 11 heteroatoms. The number of carbonyl (C=O) groups is 2. The molecule has 0 radical (unpaired) electrons. The number of carbonyl (C=O) groups excluding carboxylic acids is 1. The summed E-state index contributed by atoms with van der Waals surface area (Å²) in [5.41, 5.74) is -0.0910. The fourth-order valence-corrected chi connectivity index (χ4v) is 3.47. The summed E-state index contributed by atoms with van der Waals surface area (Å²) in [7, 11) is 1.31. The van der Waals surface area contributed by atoms with Crippen LogP contribution < -0.4 is 10.1 Å². The number of carboxylic acid groups (broad SMARTS) is 1. The van der Waals surface area contributed by atoms with Crippen molar-refractivity contribution in [1.29, 1.82) is 0 Å². The van der Waals surface area contributed by atoms with E-state index in [-0.39, 0.29) is 22.8 Å². The molecule has 1 amide bonds. The first kappa shape index (κ1) is 25.5. The lowest BCUT2D eigenvalue weighted by Crippen LogP contribution is -2.27. The Labute approximate surface area is 197 Å². The molecule has 7 nitrogen and oxygen atoms in total. The maximum atomic E-state index is 13.7. The molecule has 0 saturated heterocycles. The van der Waals surface area contributed by atoms with Crippen molar-refractivity contribution in [3.8, 4) is 11.6 Å². The second-order valence-corrected chi connectivity index (χ2v) is 7.67. The molecule has 3 aromatic rings. The molecule has 184 valence electrons. The SMILES string of the molecule is Cc1cc(C(C)NC(=O)c2c(C(F)F)nn(C)c2Oc2cccc(C=C(F)F)c2)ccc1C(=O)O. The largest absolute Gasteiger partial charge is 0.478 e. The number of hydrogen-bond acceptors (Lipinski definition) is 4. The monoisotopic (exact) mass is 491 g/mol. The number of hydrogen-bond donors (Lipinski definition) is 2. The van der Waals surface area contributed by atoms with E-state index in [1.807, 2.05) is 0 Å². The highest BCUT2D eigenvalue weighted by Crippen LogP contribution is 2.33. The maximum absolute atomic E-state index is 13.7. The Bertz CT molecular complexity index is 1300. The summed E-state index contributed by atoms with van der Waals surface area (Å²) in [6.07, 6.45) is -4.42. The molecule has 0 aliphatic carbocycles. The van der Waals surface area contributed by atoms with E-state index in [1.54, 1.807) is 19.9 Å². The number of ether oxygens (including phenoxy) is 1. The number of nitrogens with zero attached hydrogens (tertiary/aromatic N) is 2. The fourth-order valence-electron chi connectivity index (χ4n) is 3.47. The van der Waals surface area contributed by atoms with Gasteiger partial charge in [0.25, 0.3) is 18.4 Å². The molecule has 1 unspecified atom stereocenters. The van der Waals surface area contributed by atoms with E-state index < -0.39 is 41.7 Å². The first-order chi connectivity index (χ1) is 16.5. The molecule has 1 aromatic heterocycles. The first-order valence-corrected chi connectivity index (χ1v) is 10.3. The third-order valence-electron chi connectivity index (χ3n) is 5.13. The van der Waals surface area contributed by atoms with Crippen LogP contribution in [0.1, 0.15) is 62.5 Å². The summed E-state index contributed by atoms with van der Waals surface area (Å²) < 4.78 is 59.2. The van der Waals surface area contributed by atoms with Crippen LogP contribution in [0.25, 0.3) is 6.08 Å². The number of aryl methyl sites for hydroxylation is 2. The van der Waals surface area contributed by atoms with Crippen molar-refractivity contribution in [2.75, 3.05) is 0 Å². The molecule has 1 atom stereocenters. The van der Waals surface area contributed by atoms with E-state index >= 15 is 0 Å². The minimum absolute atomic E-state index is 0.0331. The van der Waals surface area contributed by atoms with Crippen LogP contribution in [0.3, 0.4) is 0 Å². The summed E-state index contributed by atoms with van der Waals surface area (Å²) >= 11 is 0. The zero-order chi connectivity index (χ0) is 25.9. The van der Waals surface area contributed by atoms with Gasteiger partial charge in [0.1, 0.15) is 17.0 Å². The van der Waals surface area contributed by atoms with Crippen LogP contribution in [0.15, 0.2) is 48.5 Å². The van der Waals surface area contributed by atoms with Crippen molar-refractivity contribution in [1.82, 2.24) is 15.1 Å². The number of nitrogens with one attached hydrogen (secondary N) is 1. The average Bonchev–Trinajstić information content (AvgIpc) is 3.09. The number of aromatic nitrogens is 2. The van der Waals surface area contributed by atoms with E-state index in [2.05, 4.69) is 10.4 Å². The van der Waals surface area contributed by atoms with Gasteiger partial charge in [-0.3, -0.25) is 4.79 Å². The Morgan fingerprint density at radius 3 is 2.49 bits per heavy atom. The molecule has 2 aromatic carbocycles. The van der Waals surface area contributed by atoms with Gasteiger partial charge in [-0.15, -0.1) is 0 Å². The topological polar surface area (TPSA) is 93.5 Å². The second kappa shape index (κ2) is 10.4. The molecule has 0 saturated carbocycles. The fraction of sp³-hybridized carbons (Fsp3) is 0.208. The zero-order valence-electron chi connectivity index (χ0n) is 18.9. The Morgan fingerprint density at radius 1 is 1.17 bits per heavy atom. The van der Waals surface area contributed by atoms with Gasteiger partial charge in [-0.1, -0.05) is 24.3 Å². The molecule has 3 rings (SSSR count). The molecule has 35 heavy (non-hydrogen) atoms. The lowest BCUT2D eigenvalue weighted by atomic mass is 10.0. The number of aromatic carboxylic acids is 1. The summed E-state index contributed by atoms with van der Waals surface area (Å²) in [4.78, 5) is 24.3. The van der Waals surface area contributed by atoms with Crippen molar-refractivity contribution in [3.05, 3.63) is 82.1 Å². The first-order valence-electron chi connectivity index (χ1n) is 10.3. The average molecular weight is 491 g/mol. The van der Waals surface area contributed by atoms with Gasteiger partial charge in [0, 0.05) is 13.1 Å². The third kappa shape index (κ3) is 5.86. The number of rotatable bonds is 8. The molecule has 0 bridgehead atoms. The predicted octanol–water partition coefficient (Wildman–Crippen LogP) is 5.89. The number of amides is 1. The van der Waals surface area contributed by atoms with Crippen molar-refractivity contribution in [3.63, 3.8) is 0 Å². The minimum atomic E-state index is -3.10. The molecule has 0 aliphatic rings. The summed E-state index contributed by atoms with van der Waals surface area (Å²) in [6.45, 7) is 3.20. The molecule has 2 N–H and O–H groups in total. The van der Waals surface area contributed by atoms with Crippen molar-refractivity contribution < 1.29 is 37.0 Å². The van der Waals surface area contributed by atoms with Crippen LogP contribution in [-0.4, -0.2) is 26.8 Å². The van der Waals surface area contributed by atoms with E-state index in [4.69, 9.17) is 4.74 Å². The van der Waals surface area contributed by atoms with E-state index in [0.717, 1.165) is 4.68 Å². The summed E-state index contributed by atoms with van der Waals surface area (Å²) in [5.74, 6) is -2.27. The van der Waals surface area contributed by atoms with Crippen LogP contribution >= 0.6 is 0 Å². The maximum Gasteiger partial charge on any atom is 0.335 e. The normalized spacial score (nSPS) is 11.8. The predicted molar refractivity (Wildman–Crippen MR) is 119 cm³/mol. The van der Waals surface area contributed by atoms with Gasteiger partial charge in [0.15, 0.2) is 0 Å². The lowest BCUT2D eigenvalue weighted by Gasteiger charge is -2.16. The second-order valence-electron chi connectivity index (χ2n) is 7.67. The van der Waals surface area contributed by atoms with Gasteiger partial charge in [-0.05, 0) is 48.7 Å². The third-order valence-corrected chi connectivity index (χ3v) is 5.13. The Kier molecular flexibility index (Phi) is 7.58. The van der Waals surface area contributed by atoms with E-state index in [1.165, 1.54) is 43.4 Å². The van der Waals surface area contributed by atoms with Crippen molar-refractivity contribution >= 4 is 18.0 Å². The van der Waals surface area contributed by atoms with Crippen LogP contribution in [0.2, 0.25) is 0 Å². The number of benzene rings is 2. The summed E-state index contributed by atoms with van der Waals surface area (Å²) in [6, 6.07) is 9.30. The smallest absolute Gasteiger partial charge is 0.335 e. The van der Waals surface area contributed by atoms with E-state index in [9.17, 15) is 32.3 Å². The van der Waals surface area contributed by atoms with Gasteiger partial charge < -0.3 is 15.2 Å². The van der Waals surface area contributed by atoms with Crippen molar-refractivity contribution in [2.45, 2.75) is 26.3 Å². The molecular formula is C24H21F4N3O4. The molecule has 0 spiro atoms. The highest BCUT2D eigenvalue weighted by Gasteiger charge is 2.30. The van der Waals surface area contributed by atoms with Crippen LogP contribution in [0.4, 0.5) is 17.6 Å². The standard InChI is InChI=1S/C24H21F4N3O4/c1-12-9-15(7-8-17(12)24(33)34)13(2)29-22(32)19-20(21(27)28)30-31(3)23(19)35-16-6-4-5-14(10-16)11-18(25)26/h4-11,13,21H,1-3H3,(H,29,32)(H,33,34). The lowest BCUT2D eigenvalue weighted by molar-refractivity contribution is 0.0695. The Morgan fingerprint density at radius 2 is 1.89 bits per heavy atom. The Hall–Kier alpha value is -4.15. The molecule has 0 fully saturated rings. The van der Waals surface area contributed by atoms with Crippen LogP contribution in [-0.2, 0) is 7.05 Å². The van der Waals surface area contributed by atoms with Gasteiger partial charge in [0.2, 0.25) is 5.88 Å². The van der Waals surface area contributed by atoms with Gasteiger partial charge in [-0.25, -0.2) is 18.3 Å². The highest BCUT2D eigenvalue weighted by atomic mass is 19.3.